The van der Waals surface area contributed by atoms with E-state index in [2.05, 4.69) is 10.4 Å². The van der Waals surface area contributed by atoms with Gasteiger partial charge < -0.3 is 5.32 Å². The number of amides is 1. The molecular weight excluding hydrogens is 459 g/mol. The number of benzene rings is 2. The molecule has 1 aliphatic carbocycles. The van der Waals surface area contributed by atoms with E-state index in [-0.39, 0.29) is 24.2 Å². The van der Waals surface area contributed by atoms with Gasteiger partial charge in [-0.25, -0.2) is 9.48 Å². The number of nitrogens with one attached hydrogen (secondary N) is 1. The monoisotopic (exact) mass is 478 g/mol. The third-order valence-electron chi connectivity index (χ3n) is 5.21. The highest BCUT2D eigenvalue weighted by Gasteiger charge is 2.31. The van der Waals surface area contributed by atoms with Gasteiger partial charge in [-0.2, -0.15) is 0 Å². The van der Waals surface area contributed by atoms with Crippen LogP contribution in [0, 0.1) is 0 Å². The Kier molecular flexibility index (Phi) is 5.90. The van der Waals surface area contributed by atoms with Crippen molar-refractivity contribution in [2.24, 2.45) is 0 Å². The minimum absolute atomic E-state index is 0.111. The average Bonchev–Trinajstić information content (AvgIpc) is 3.46. The molecule has 0 spiro atoms. The first kappa shape index (κ1) is 21.9. The molecule has 0 radical (unpaired) electrons. The minimum Gasteiger partial charge on any atom is -0.346 e. The second-order valence-corrected chi connectivity index (χ2v) is 9.51. The van der Waals surface area contributed by atoms with Crippen LogP contribution in [0.15, 0.2) is 47.3 Å². The van der Waals surface area contributed by atoms with Gasteiger partial charge in [0.05, 0.1) is 5.54 Å². The van der Waals surface area contributed by atoms with Gasteiger partial charge in [-0.05, 0) is 74.7 Å². The van der Waals surface area contributed by atoms with Crippen molar-refractivity contribution in [1.29, 1.82) is 0 Å². The van der Waals surface area contributed by atoms with Crippen LogP contribution in [0.4, 0.5) is 0 Å². The van der Waals surface area contributed by atoms with E-state index < -0.39 is 5.54 Å². The molecule has 9 heteroatoms. The molecule has 0 unspecified atom stereocenters. The molecule has 1 N–H and O–H groups in total. The van der Waals surface area contributed by atoms with Gasteiger partial charge in [0.1, 0.15) is 6.54 Å². The second kappa shape index (κ2) is 8.34. The third kappa shape index (κ3) is 4.81. The van der Waals surface area contributed by atoms with E-state index in [1.54, 1.807) is 34.9 Å². The number of carbonyl (C=O) groups excluding carboxylic acids is 1. The van der Waals surface area contributed by atoms with Crippen LogP contribution in [0.1, 0.15) is 38.3 Å². The molecule has 1 fully saturated rings. The van der Waals surface area contributed by atoms with Gasteiger partial charge in [0, 0.05) is 26.7 Å². The van der Waals surface area contributed by atoms with Crippen molar-refractivity contribution in [3.05, 3.63) is 73.6 Å². The molecule has 1 heterocycles. The summed E-state index contributed by atoms with van der Waals surface area (Å²) in [7, 11) is 0. The number of halogens is 3. The molecule has 31 heavy (non-hydrogen) atoms. The molecular formula is C22H21Cl3N4O2. The predicted octanol–water partition coefficient (Wildman–Crippen LogP) is 5.06. The summed E-state index contributed by atoms with van der Waals surface area (Å²) in [6, 6.07) is 12.4. The molecule has 0 atom stereocenters. The molecule has 1 amide bonds. The normalized spacial score (nSPS) is 14.0. The Morgan fingerprint density at radius 2 is 1.68 bits per heavy atom. The van der Waals surface area contributed by atoms with Gasteiger partial charge in [-0.15, -0.1) is 5.10 Å². The highest BCUT2D eigenvalue weighted by Crippen LogP contribution is 2.36. The van der Waals surface area contributed by atoms with E-state index in [1.807, 2.05) is 26.0 Å². The van der Waals surface area contributed by atoms with Gasteiger partial charge in [0.2, 0.25) is 5.91 Å². The van der Waals surface area contributed by atoms with E-state index in [0.717, 1.165) is 24.0 Å². The summed E-state index contributed by atoms with van der Waals surface area (Å²) in [6.45, 7) is 3.49. The van der Waals surface area contributed by atoms with Crippen molar-refractivity contribution in [1.82, 2.24) is 19.7 Å². The topological polar surface area (TPSA) is 68.9 Å². The molecule has 1 saturated carbocycles. The van der Waals surface area contributed by atoms with Crippen LogP contribution in [-0.2, 0) is 16.9 Å². The molecule has 4 rings (SSSR count). The number of carbonyl (C=O) groups is 1. The van der Waals surface area contributed by atoms with E-state index >= 15 is 0 Å². The van der Waals surface area contributed by atoms with Crippen LogP contribution in [0.3, 0.4) is 0 Å². The fraction of sp³-hybridized carbons (Fsp3) is 0.318. The summed E-state index contributed by atoms with van der Waals surface area (Å²) in [5.41, 5.74) is 0.497. The van der Waals surface area contributed by atoms with E-state index in [4.69, 9.17) is 34.8 Å². The van der Waals surface area contributed by atoms with E-state index in [9.17, 15) is 9.59 Å². The molecule has 3 aromatic rings. The van der Waals surface area contributed by atoms with Gasteiger partial charge in [-0.1, -0.05) is 34.8 Å². The second-order valence-electron chi connectivity index (χ2n) is 8.20. The van der Waals surface area contributed by atoms with Crippen LogP contribution in [0.2, 0.25) is 15.1 Å². The minimum atomic E-state index is -0.743. The quantitative estimate of drug-likeness (QED) is 0.537. The highest BCUT2D eigenvalue weighted by atomic mass is 35.5. The molecule has 0 aliphatic heterocycles. The van der Waals surface area contributed by atoms with Gasteiger partial charge in [0.15, 0.2) is 5.82 Å². The first-order valence-corrected chi connectivity index (χ1v) is 11.0. The fourth-order valence-corrected chi connectivity index (χ4v) is 4.14. The molecule has 0 bridgehead atoms. The lowest BCUT2D eigenvalue weighted by molar-refractivity contribution is -0.123. The SMILES string of the molecule is CC(C)(NC(=O)Cn1nc(-c2ccc(Cl)cc2)n(C2CC2)c1=O)c1cc(Cl)cc(Cl)c1. The summed E-state index contributed by atoms with van der Waals surface area (Å²) in [6.07, 6.45) is 1.84. The summed E-state index contributed by atoms with van der Waals surface area (Å²) in [5, 5.41) is 8.97. The Morgan fingerprint density at radius 3 is 2.26 bits per heavy atom. The van der Waals surface area contributed by atoms with Crippen LogP contribution < -0.4 is 11.0 Å². The summed E-state index contributed by atoms with van der Waals surface area (Å²) in [5.74, 6) is 0.198. The number of nitrogens with zero attached hydrogens (tertiary/aromatic N) is 3. The molecule has 162 valence electrons. The maximum atomic E-state index is 13.0. The number of hydrogen-bond donors (Lipinski definition) is 1. The summed E-state index contributed by atoms with van der Waals surface area (Å²) in [4.78, 5) is 25.8. The standard InChI is InChI=1S/C22H21Cl3N4O2/c1-22(2,14-9-16(24)11-17(25)10-14)26-19(30)12-28-21(31)29(18-7-8-18)20(27-28)13-3-5-15(23)6-4-13/h3-6,9-11,18H,7-8,12H2,1-2H3,(H,26,30). The van der Waals surface area contributed by atoms with Gasteiger partial charge in [0.25, 0.3) is 0 Å². The lowest BCUT2D eigenvalue weighted by Gasteiger charge is -2.27. The van der Waals surface area contributed by atoms with Crippen molar-refractivity contribution in [2.75, 3.05) is 0 Å². The Balaban J connectivity index is 1.59. The maximum Gasteiger partial charge on any atom is 0.346 e. The van der Waals surface area contributed by atoms with Crippen molar-refractivity contribution in [3.63, 3.8) is 0 Å². The summed E-state index contributed by atoms with van der Waals surface area (Å²) >= 11 is 18.2. The lowest BCUT2D eigenvalue weighted by Crippen LogP contribution is -2.44. The molecule has 1 aromatic heterocycles. The molecule has 1 aliphatic rings. The van der Waals surface area contributed by atoms with Crippen molar-refractivity contribution < 1.29 is 4.79 Å². The number of hydrogen-bond acceptors (Lipinski definition) is 3. The third-order valence-corrected chi connectivity index (χ3v) is 5.90. The Morgan fingerprint density at radius 1 is 1.06 bits per heavy atom. The first-order valence-electron chi connectivity index (χ1n) is 9.87. The maximum absolute atomic E-state index is 13.0. The molecule has 0 saturated heterocycles. The zero-order valence-corrected chi connectivity index (χ0v) is 19.3. The summed E-state index contributed by atoms with van der Waals surface area (Å²) < 4.78 is 2.87. The zero-order valence-electron chi connectivity index (χ0n) is 17.0. The first-order chi connectivity index (χ1) is 14.6. The van der Waals surface area contributed by atoms with Crippen molar-refractivity contribution in [2.45, 2.75) is 44.8 Å². The largest absolute Gasteiger partial charge is 0.346 e. The number of aromatic nitrogens is 3. The average molecular weight is 480 g/mol. The van der Waals surface area contributed by atoms with Crippen LogP contribution in [0.5, 0.6) is 0 Å². The number of rotatable bonds is 6. The van der Waals surface area contributed by atoms with E-state index in [0.29, 0.717) is 20.9 Å². The van der Waals surface area contributed by atoms with Gasteiger partial charge >= 0.3 is 5.69 Å². The molecule has 2 aromatic carbocycles. The smallest absolute Gasteiger partial charge is 0.346 e. The Hall–Kier alpha value is -2.28. The van der Waals surface area contributed by atoms with Crippen LogP contribution >= 0.6 is 34.8 Å². The molecule has 6 nitrogen and oxygen atoms in total. The predicted molar refractivity (Wildman–Crippen MR) is 123 cm³/mol. The van der Waals surface area contributed by atoms with Crippen molar-refractivity contribution in [3.8, 4) is 11.4 Å². The lowest BCUT2D eigenvalue weighted by atomic mass is 9.94. The van der Waals surface area contributed by atoms with E-state index in [1.165, 1.54) is 4.68 Å². The fourth-order valence-electron chi connectivity index (χ4n) is 3.49. The van der Waals surface area contributed by atoms with Crippen LogP contribution in [0.25, 0.3) is 11.4 Å². The highest BCUT2D eigenvalue weighted by molar-refractivity contribution is 6.34. The Bertz CT molecular complexity index is 1170. The van der Waals surface area contributed by atoms with Crippen LogP contribution in [-0.4, -0.2) is 20.3 Å². The zero-order chi connectivity index (χ0) is 22.3. The van der Waals surface area contributed by atoms with Crippen molar-refractivity contribution >= 4 is 40.7 Å². The Labute approximate surface area is 194 Å². The van der Waals surface area contributed by atoms with Gasteiger partial charge in [-0.3, -0.25) is 9.36 Å².